The molecule has 0 aliphatic heterocycles. The van der Waals surface area contributed by atoms with Gasteiger partial charge in [-0.15, -0.1) is 11.3 Å². The molecule has 1 N–H and O–H groups in total. The molecule has 8 heteroatoms. The molecule has 3 aromatic rings. The molecular weight excluding hydrogens is 424 g/mol. The lowest BCUT2D eigenvalue weighted by atomic mass is 10.1. The molecule has 0 bridgehead atoms. The molecule has 0 saturated heterocycles. The number of nitrogens with zero attached hydrogens (tertiary/aromatic N) is 1. The molecule has 0 radical (unpaired) electrons. The number of aryl methyl sites for hydroxylation is 2. The van der Waals surface area contributed by atoms with Gasteiger partial charge >= 0.3 is 5.63 Å². The van der Waals surface area contributed by atoms with E-state index in [1.807, 2.05) is 0 Å². The number of hydrogen-bond donors (Lipinski definition) is 1. The summed E-state index contributed by atoms with van der Waals surface area (Å²) in [4.78, 5) is 25.8. The first-order valence-corrected chi connectivity index (χ1v) is 11.0. The number of amides is 1. The highest BCUT2D eigenvalue weighted by atomic mass is 35.5. The van der Waals surface area contributed by atoms with Gasteiger partial charge in [-0.1, -0.05) is 11.6 Å². The van der Waals surface area contributed by atoms with Gasteiger partial charge in [0, 0.05) is 21.9 Å². The monoisotopic (exact) mass is 440 g/mol. The number of nitrogens with one attached hydrogen (secondary N) is 1. The minimum absolute atomic E-state index is 0.270. The van der Waals surface area contributed by atoms with E-state index < -0.39 is 0 Å². The van der Waals surface area contributed by atoms with Gasteiger partial charge in [0.15, 0.2) is 6.61 Å². The predicted octanol–water partition coefficient (Wildman–Crippen LogP) is 4.37. The van der Waals surface area contributed by atoms with E-state index in [1.54, 1.807) is 12.1 Å². The van der Waals surface area contributed by atoms with Gasteiger partial charge in [-0.25, -0.2) is 4.79 Å². The number of fused-ring (bicyclic) bond motifs is 4. The number of halogens is 1. The third-order valence-electron chi connectivity index (χ3n) is 5.67. The summed E-state index contributed by atoms with van der Waals surface area (Å²) in [6, 6.07) is 5.49. The predicted molar refractivity (Wildman–Crippen MR) is 115 cm³/mol. The molecule has 6 nitrogen and oxygen atoms in total. The first kappa shape index (κ1) is 19.2. The zero-order chi connectivity index (χ0) is 20.8. The number of carbonyl (C=O) groups excluding carboxylic acids is 1. The van der Waals surface area contributed by atoms with Gasteiger partial charge in [0.05, 0.1) is 10.6 Å². The Labute approximate surface area is 181 Å². The maximum absolute atomic E-state index is 12.4. The molecular formula is C22H17ClN2O4S. The fourth-order valence-corrected chi connectivity index (χ4v) is 5.78. The number of hydrogen-bond acceptors (Lipinski definition) is 6. The van der Waals surface area contributed by atoms with Crippen molar-refractivity contribution in [1.29, 1.82) is 5.26 Å². The number of thiophene rings is 1. The highest BCUT2D eigenvalue weighted by Crippen LogP contribution is 2.39. The molecule has 0 atom stereocenters. The number of rotatable bonds is 4. The topological polar surface area (TPSA) is 92.3 Å². The van der Waals surface area contributed by atoms with E-state index >= 15 is 0 Å². The summed E-state index contributed by atoms with van der Waals surface area (Å²) in [5, 5.41) is 14.0. The molecule has 2 aromatic heterocycles. The number of ether oxygens (including phenoxy) is 1. The van der Waals surface area contributed by atoms with Crippen molar-refractivity contribution < 1.29 is 13.9 Å². The fraction of sp³-hybridized carbons (Fsp3) is 0.318. The molecule has 152 valence electrons. The number of carbonyl (C=O) groups is 1. The summed E-state index contributed by atoms with van der Waals surface area (Å²) >= 11 is 7.82. The van der Waals surface area contributed by atoms with Crippen LogP contribution in [0, 0.1) is 11.3 Å². The Balaban J connectivity index is 1.35. The highest BCUT2D eigenvalue weighted by molar-refractivity contribution is 7.16. The van der Waals surface area contributed by atoms with Crippen LogP contribution in [-0.4, -0.2) is 12.5 Å². The van der Waals surface area contributed by atoms with E-state index in [0.717, 1.165) is 60.6 Å². The average molecular weight is 441 g/mol. The highest BCUT2D eigenvalue weighted by Gasteiger charge is 2.24. The molecule has 1 amide bonds. The second kappa shape index (κ2) is 7.46. The lowest BCUT2D eigenvalue weighted by molar-refractivity contribution is -0.118. The van der Waals surface area contributed by atoms with Gasteiger partial charge in [0.1, 0.15) is 22.4 Å². The Bertz CT molecular complexity index is 1300. The number of anilines is 1. The smallest absolute Gasteiger partial charge is 0.339 e. The summed E-state index contributed by atoms with van der Waals surface area (Å²) in [7, 11) is 0. The SMILES string of the molecule is N#Cc1c(NC(=O)COc2cc3oc(=O)c4c(c3cc2Cl)CCC4)sc2c1CCC2. The van der Waals surface area contributed by atoms with Crippen molar-refractivity contribution >= 4 is 44.8 Å². The normalized spacial score (nSPS) is 14.4. The van der Waals surface area contributed by atoms with Crippen molar-refractivity contribution in [2.75, 3.05) is 11.9 Å². The standard InChI is InChI=1S/C22H17ClN2O4S/c23-16-7-14-11-3-1-5-13(11)22(27)29-17(14)8-18(16)28-10-20(26)25-21-15(9-24)12-4-2-6-19(12)30-21/h7-8H,1-6,10H2,(H,25,26). The summed E-state index contributed by atoms with van der Waals surface area (Å²) < 4.78 is 11.0. The quantitative estimate of drug-likeness (QED) is 0.608. The molecule has 0 fully saturated rings. The summed E-state index contributed by atoms with van der Waals surface area (Å²) in [5.41, 5.74) is 3.40. The van der Waals surface area contributed by atoms with Crippen molar-refractivity contribution in [2.24, 2.45) is 0 Å². The Morgan fingerprint density at radius 2 is 1.97 bits per heavy atom. The van der Waals surface area contributed by atoms with Crippen molar-refractivity contribution in [3.63, 3.8) is 0 Å². The average Bonchev–Trinajstić information content (AvgIpc) is 3.43. The molecule has 0 saturated carbocycles. The third kappa shape index (κ3) is 3.17. The van der Waals surface area contributed by atoms with Gasteiger partial charge in [-0.2, -0.15) is 5.26 Å². The van der Waals surface area contributed by atoms with E-state index in [-0.39, 0.29) is 23.9 Å². The van der Waals surface area contributed by atoms with E-state index in [2.05, 4.69) is 11.4 Å². The second-order valence-electron chi connectivity index (χ2n) is 7.49. The Morgan fingerprint density at radius 1 is 1.20 bits per heavy atom. The zero-order valence-corrected chi connectivity index (χ0v) is 17.5. The third-order valence-corrected chi connectivity index (χ3v) is 7.17. The summed E-state index contributed by atoms with van der Waals surface area (Å²) in [6.45, 7) is -0.270. The van der Waals surface area contributed by atoms with Crippen LogP contribution in [0.1, 0.15) is 40.0 Å². The lowest BCUT2D eigenvalue weighted by Crippen LogP contribution is -2.20. The van der Waals surface area contributed by atoms with Crippen LogP contribution in [0.5, 0.6) is 5.75 Å². The van der Waals surface area contributed by atoms with Crippen LogP contribution in [0.3, 0.4) is 0 Å². The molecule has 2 aliphatic carbocycles. The maximum atomic E-state index is 12.4. The van der Waals surface area contributed by atoms with Gasteiger partial charge in [0.25, 0.3) is 5.91 Å². The molecule has 0 unspecified atom stereocenters. The van der Waals surface area contributed by atoms with Crippen LogP contribution >= 0.6 is 22.9 Å². The largest absolute Gasteiger partial charge is 0.482 e. The van der Waals surface area contributed by atoms with E-state index in [9.17, 15) is 14.9 Å². The molecule has 30 heavy (non-hydrogen) atoms. The van der Waals surface area contributed by atoms with Crippen molar-refractivity contribution in [2.45, 2.75) is 38.5 Å². The van der Waals surface area contributed by atoms with Gasteiger partial charge in [0.2, 0.25) is 0 Å². The molecule has 2 aliphatic rings. The maximum Gasteiger partial charge on any atom is 0.339 e. The van der Waals surface area contributed by atoms with Crippen LogP contribution in [0.4, 0.5) is 5.00 Å². The second-order valence-corrected chi connectivity index (χ2v) is 9.00. The van der Waals surface area contributed by atoms with Crippen molar-refractivity contribution in [1.82, 2.24) is 0 Å². The van der Waals surface area contributed by atoms with Crippen LogP contribution in [-0.2, 0) is 30.5 Å². The Morgan fingerprint density at radius 3 is 2.80 bits per heavy atom. The molecule has 1 aromatic carbocycles. The lowest BCUT2D eigenvalue weighted by Gasteiger charge is -2.11. The minimum Gasteiger partial charge on any atom is -0.482 e. The fourth-order valence-electron chi connectivity index (χ4n) is 4.31. The van der Waals surface area contributed by atoms with Crippen molar-refractivity contribution in [3.05, 3.63) is 54.7 Å². The minimum atomic E-state index is -0.377. The van der Waals surface area contributed by atoms with E-state index in [0.29, 0.717) is 21.2 Å². The Hall–Kier alpha value is -2.82. The molecule has 0 spiro atoms. The van der Waals surface area contributed by atoms with Crippen molar-refractivity contribution in [3.8, 4) is 11.8 Å². The molecule has 5 rings (SSSR count). The van der Waals surface area contributed by atoms with E-state index in [4.69, 9.17) is 20.8 Å². The summed E-state index contributed by atoms with van der Waals surface area (Å²) in [5.74, 6) is -0.104. The van der Waals surface area contributed by atoms with Gasteiger partial charge < -0.3 is 14.5 Å². The van der Waals surface area contributed by atoms with Gasteiger partial charge in [-0.05, 0) is 55.7 Å². The Kier molecular flexibility index (Phi) is 4.76. The van der Waals surface area contributed by atoms with E-state index in [1.165, 1.54) is 16.2 Å². The van der Waals surface area contributed by atoms with Crippen LogP contribution in [0.15, 0.2) is 21.3 Å². The van der Waals surface area contributed by atoms with Gasteiger partial charge in [-0.3, -0.25) is 4.79 Å². The first-order chi connectivity index (χ1) is 14.5. The van der Waals surface area contributed by atoms with Crippen LogP contribution in [0.2, 0.25) is 5.02 Å². The van der Waals surface area contributed by atoms with Crippen LogP contribution in [0.25, 0.3) is 11.0 Å². The zero-order valence-electron chi connectivity index (χ0n) is 16.0. The number of nitriles is 1. The first-order valence-electron chi connectivity index (χ1n) is 9.80. The molecule has 2 heterocycles. The van der Waals surface area contributed by atoms with Crippen LogP contribution < -0.4 is 15.7 Å². The number of benzene rings is 1. The summed E-state index contributed by atoms with van der Waals surface area (Å²) in [6.07, 6.45) is 5.34.